The van der Waals surface area contributed by atoms with E-state index in [0.717, 1.165) is 24.7 Å². The highest BCUT2D eigenvalue weighted by atomic mass is 16.5. The molecule has 0 aromatic carbocycles. The van der Waals surface area contributed by atoms with Gasteiger partial charge in [0.15, 0.2) is 0 Å². The maximum Gasteiger partial charge on any atom is 0.0590 e. The standard InChI is InChI=1S/C17H32N2O/c1-2-5-17-12-16(9-11-20-17)19(15-7-8-15)13-14-6-3-4-10-18-14/h14-18H,2-13H2,1H3. The van der Waals surface area contributed by atoms with E-state index in [0.29, 0.717) is 6.10 Å². The molecular formula is C17H32N2O. The van der Waals surface area contributed by atoms with E-state index in [9.17, 15) is 0 Å². The van der Waals surface area contributed by atoms with Crippen molar-refractivity contribution in [1.29, 1.82) is 0 Å². The zero-order chi connectivity index (χ0) is 13.8. The van der Waals surface area contributed by atoms with Crippen LogP contribution in [0.2, 0.25) is 0 Å². The quantitative estimate of drug-likeness (QED) is 0.809. The smallest absolute Gasteiger partial charge is 0.0590 e. The first-order valence-corrected chi connectivity index (χ1v) is 8.97. The Morgan fingerprint density at radius 3 is 2.70 bits per heavy atom. The van der Waals surface area contributed by atoms with Gasteiger partial charge < -0.3 is 10.1 Å². The van der Waals surface area contributed by atoms with Crippen LogP contribution in [0.4, 0.5) is 0 Å². The van der Waals surface area contributed by atoms with E-state index >= 15 is 0 Å². The zero-order valence-corrected chi connectivity index (χ0v) is 13.2. The first kappa shape index (κ1) is 14.8. The normalized spacial score (nSPS) is 35.4. The van der Waals surface area contributed by atoms with Gasteiger partial charge in [-0.1, -0.05) is 19.8 Å². The summed E-state index contributed by atoms with van der Waals surface area (Å²) in [5, 5.41) is 3.73. The van der Waals surface area contributed by atoms with Gasteiger partial charge in [-0.3, -0.25) is 4.90 Å². The molecule has 0 aromatic rings. The number of nitrogens with zero attached hydrogens (tertiary/aromatic N) is 1. The van der Waals surface area contributed by atoms with Gasteiger partial charge in [0.1, 0.15) is 0 Å². The Bertz CT molecular complexity index is 285. The Kier molecular flexibility index (Phi) is 5.36. The number of ether oxygens (including phenoxy) is 1. The van der Waals surface area contributed by atoms with Crippen molar-refractivity contribution in [2.45, 2.75) is 88.9 Å². The van der Waals surface area contributed by atoms with Crippen molar-refractivity contribution in [3.63, 3.8) is 0 Å². The Hall–Kier alpha value is -0.120. The molecule has 2 heterocycles. The molecule has 3 fully saturated rings. The van der Waals surface area contributed by atoms with Crippen molar-refractivity contribution in [1.82, 2.24) is 10.2 Å². The van der Waals surface area contributed by atoms with Crippen LogP contribution in [0.5, 0.6) is 0 Å². The predicted molar refractivity (Wildman–Crippen MR) is 83.0 cm³/mol. The molecule has 0 bridgehead atoms. The Balaban J connectivity index is 1.55. The molecule has 3 atom stereocenters. The van der Waals surface area contributed by atoms with Crippen LogP contribution in [0.15, 0.2) is 0 Å². The van der Waals surface area contributed by atoms with Crippen molar-refractivity contribution >= 4 is 0 Å². The summed E-state index contributed by atoms with van der Waals surface area (Å²) in [6.45, 7) is 5.78. The highest BCUT2D eigenvalue weighted by Crippen LogP contribution is 2.33. The molecule has 3 aliphatic rings. The zero-order valence-electron chi connectivity index (χ0n) is 13.2. The van der Waals surface area contributed by atoms with Crippen molar-refractivity contribution in [2.24, 2.45) is 0 Å². The van der Waals surface area contributed by atoms with Crippen LogP contribution in [-0.4, -0.2) is 48.8 Å². The van der Waals surface area contributed by atoms with Crippen LogP contribution in [-0.2, 0) is 4.74 Å². The molecule has 0 radical (unpaired) electrons. The van der Waals surface area contributed by atoms with E-state index < -0.39 is 0 Å². The summed E-state index contributed by atoms with van der Waals surface area (Å²) in [5.74, 6) is 0. The lowest BCUT2D eigenvalue weighted by molar-refractivity contribution is -0.0348. The molecule has 0 amide bonds. The van der Waals surface area contributed by atoms with Crippen molar-refractivity contribution in [3.05, 3.63) is 0 Å². The monoisotopic (exact) mass is 280 g/mol. The lowest BCUT2D eigenvalue weighted by Gasteiger charge is -2.40. The van der Waals surface area contributed by atoms with Gasteiger partial charge in [-0.2, -0.15) is 0 Å². The van der Waals surface area contributed by atoms with Gasteiger partial charge in [-0.25, -0.2) is 0 Å². The fraction of sp³-hybridized carbons (Fsp3) is 1.00. The van der Waals surface area contributed by atoms with Crippen LogP contribution in [0.3, 0.4) is 0 Å². The molecule has 3 heteroatoms. The van der Waals surface area contributed by atoms with Crippen LogP contribution in [0, 0.1) is 0 Å². The van der Waals surface area contributed by atoms with Crippen molar-refractivity contribution < 1.29 is 4.74 Å². The van der Waals surface area contributed by atoms with Crippen molar-refractivity contribution in [2.75, 3.05) is 19.7 Å². The third-order valence-electron chi connectivity index (χ3n) is 5.28. The van der Waals surface area contributed by atoms with E-state index in [1.54, 1.807) is 0 Å². The summed E-state index contributed by atoms with van der Waals surface area (Å²) in [4.78, 5) is 2.86. The highest BCUT2D eigenvalue weighted by molar-refractivity contribution is 4.93. The van der Waals surface area contributed by atoms with Crippen LogP contribution in [0.1, 0.15) is 64.7 Å². The molecule has 0 aromatic heterocycles. The summed E-state index contributed by atoms with van der Waals surface area (Å²) in [7, 11) is 0. The lowest BCUT2D eigenvalue weighted by atomic mass is 9.96. The second kappa shape index (κ2) is 7.24. The average Bonchev–Trinajstić information content (AvgIpc) is 3.31. The van der Waals surface area contributed by atoms with Gasteiger partial charge in [0.05, 0.1) is 6.10 Å². The number of piperidine rings is 1. The molecule has 3 unspecified atom stereocenters. The third-order valence-corrected chi connectivity index (χ3v) is 5.28. The molecule has 0 spiro atoms. The maximum absolute atomic E-state index is 5.95. The number of hydrogen-bond acceptors (Lipinski definition) is 3. The van der Waals surface area contributed by atoms with E-state index in [2.05, 4.69) is 17.1 Å². The molecular weight excluding hydrogens is 248 g/mol. The first-order chi connectivity index (χ1) is 9.86. The second-order valence-corrected chi connectivity index (χ2v) is 7.03. The summed E-state index contributed by atoms with van der Waals surface area (Å²) >= 11 is 0. The van der Waals surface area contributed by atoms with Gasteiger partial charge in [0.25, 0.3) is 0 Å². The van der Waals surface area contributed by atoms with Crippen LogP contribution in [0.25, 0.3) is 0 Å². The van der Waals surface area contributed by atoms with Gasteiger partial charge in [0.2, 0.25) is 0 Å². The van der Waals surface area contributed by atoms with Crippen LogP contribution < -0.4 is 5.32 Å². The minimum atomic E-state index is 0.527. The lowest BCUT2D eigenvalue weighted by Crippen LogP contribution is -2.50. The van der Waals surface area contributed by atoms with Gasteiger partial charge in [-0.05, 0) is 51.5 Å². The molecule has 3 nitrogen and oxygen atoms in total. The third kappa shape index (κ3) is 3.96. The minimum Gasteiger partial charge on any atom is -0.378 e. The molecule has 116 valence electrons. The molecule has 20 heavy (non-hydrogen) atoms. The first-order valence-electron chi connectivity index (χ1n) is 8.97. The second-order valence-electron chi connectivity index (χ2n) is 7.03. The van der Waals surface area contributed by atoms with Gasteiger partial charge in [-0.15, -0.1) is 0 Å². The number of nitrogens with one attached hydrogen (secondary N) is 1. The molecule has 1 saturated carbocycles. The van der Waals surface area contributed by atoms with E-state index in [4.69, 9.17) is 4.74 Å². The van der Waals surface area contributed by atoms with Gasteiger partial charge in [0, 0.05) is 31.3 Å². The molecule has 1 aliphatic carbocycles. The summed E-state index contributed by atoms with van der Waals surface area (Å²) in [5.41, 5.74) is 0. The van der Waals surface area contributed by atoms with Gasteiger partial charge >= 0.3 is 0 Å². The van der Waals surface area contributed by atoms with Crippen molar-refractivity contribution in [3.8, 4) is 0 Å². The van der Waals surface area contributed by atoms with E-state index in [-0.39, 0.29) is 0 Å². The molecule has 2 saturated heterocycles. The summed E-state index contributed by atoms with van der Waals surface area (Å²) in [6.07, 6.45) is 12.6. The number of rotatable bonds is 6. The Labute approximate surface area is 124 Å². The Morgan fingerprint density at radius 2 is 2.00 bits per heavy atom. The van der Waals surface area contributed by atoms with E-state index in [1.807, 2.05) is 0 Å². The predicted octanol–water partition coefficient (Wildman–Crippen LogP) is 2.94. The fourth-order valence-corrected chi connectivity index (χ4v) is 4.02. The number of hydrogen-bond donors (Lipinski definition) is 1. The fourth-order valence-electron chi connectivity index (χ4n) is 4.02. The molecule has 3 rings (SSSR count). The Morgan fingerprint density at radius 1 is 1.10 bits per heavy atom. The molecule has 2 aliphatic heterocycles. The highest BCUT2D eigenvalue weighted by Gasteiger charge is 2.37. The summed E-state index contributed by atoms with van der Waals surface area (Å²) in [6, 6.07) is 2.43. The topological polar surface area (TPSA) is 24.5 Å². The minimum absolute atomic E-state index is 0.527. The SMILES string of the molecule is CCCC1CC(N(CC2CCCCN2)C2CC2)CCO1. The van der Waals surface area contributed by atoms with Crippen LogP contribution >= 0.6 is 0 Å². The summed E-state index contributed by atoms with van der Waals surface area (Å²) < 4.78 is 5.95. The largest absolute Gasteiger partial charge is 0.378 e. The maximum atomic E-state index is 5.95. The average molecular weight is 280 g/mol. The van der Waals surface area contributed by atoms with E-state index in [1.165, 1.54) is 70.9 Å². The molecule has 1 N–H and O–H groups in total.